The summed E-state index contributed by atoms with van der Waals surface area (Å²) in [4.78, 5) is 31.1. The number of anilines is 1. The van der Waals surface area contributed by atoms with Crippen molar-refractivity contribution in [3.63, 3.8) is 0 Å². The van der Waals surface area contributed by atoms with E-state index >= 15 is 0 Å². The van der Waals surface area contributed by atoms with Crippen LogP contribution in [0.1, 0.15) is 31.5 Å². The van der Waals surface area contributed by atoms with E-state index in [1.54, 1.807) is 0 Å². The third-order valence-electron chi connectivity index (χ3n) is 3.37. The lowest BCUT2D eigenvalue weighted by molar-refractivity contribution is -0.115. The first-order valence-corrected chi connectivity index (χ1v) is 8.54. The lowest BCUT2D eigenvalue weighted by Crippen LogP contribution is -2.25. The summed E-state index contributed by atoms with van der Waals surface area (Å²) in [5.41, 5.74) is 2.45. The number of amides is 1. The van der Waals surface area contributed by atoms with Gasteiger partial charge in [-0.05, 0) is 31.9 Å². The fraction of sp³-hybridized carbons (Fsp3) is 0.353. The molecule has 0 bridgehead atoms. The van der Waals surface area contributed by atoms with E-state index in [0.29, 0.717) is 18.0 Å². The van der Waals surface area contributed by atoms with Gasteiger partial charge in [-0.2, -0.15) is 0 Å². The Morgan fingerprint density at radius 3 is 2.61 bits per heavy atom. The van der Waals surface area contributed by atoms with Crippen molar-refractivity contribution in [2.45, 2.75) is 44.0 Å². The Balaban J connectivity index is 2.09. The second kappa shape index (κ2) is 7.97. The highest BCUT2D eigenvalue weighted by Gasteiger charge is 2.19. The summed E-state index contributed by atoms with van der Waals surface area (Å²) in [7, 11) is 0. The van der Waals surface area contributed by atoms with Gasteiger partial charge >= 0.3 is 0 Å². The highest BCUT2D eigenvalue weighted by molar-refractivity contribution is 8.00. The summed E-state index contributed by atoms with van der Waals surface area (Å²) >= 11 is 1.28. The molecule has 2 rings (SSSR count). The van der Waals surface area contributed by atoms with Gasteiger partial charge in [-0.1, -0.05) is 43.3 Å². The Kier molecular flexibility index (Phi) is 5.98. The second-order valence-electron chi connectivity index (χ2n) is 5.27. The maximum absolute atomic E-state index is 12.4. The van der Waals surface area contributed by atoms with Crippen molar-refractivity contribution in [1.29, 1.82) is 0 Å². The molecule has 1 heterocycles. The van der Waals surface area contributed by atoms with E-state index in [4.69, 9.17) is 0 Å². The number of hydrogen-bond donors (Lipinski definition) is 2. The van der Waals surface area contributed by atoms with Gasteiger partial charge in [0.05, 0.1) is 5.25 Å². The van der Waals surface area contributed by atoms with Gasteiger partial charge in [0, 0.05) is 17.4 Å². The lowest BCUT2D eigenvalue weighted by Gasteiger charge is -2.14. The standard InChI is InChI=1S/C17H21N3O2S/c1-4-12-10-15(21)20-17(19-12)23-14(5-2)16(22)18-13-8-6-11(3)7-9-13/h6-10,14H,4-5H2,1-3H3,(H,18,22)(H,19,20,21). The number of nitrogens with zero attached hydrogens (tertiary/aromatic N) is 1. The van der Waals surface area contributed by atoms with E-state index in [-0.39, 0.29) is 16.7 Å². The summed E-state index contributed by atoms with van der Waals surface area (Å²) in [5.74, 6) is -0.0918. The van der Waals surface area contributed by atoms with Gasteiger partial charge in [0.2, 0.25) is 5.91 Å². The van der Waals surface area contributed by atoms with Crippen LogP contribution in [0.5, 0.6) is 0 Å². The van der Waals surface area contributed by atoms with Gasteiger partial charge in [-0.15, -0.1) is 0 Å². The molecule has 6 heteroatoms. The molecular formula is C17H21N3O2S. The molecule has 1 unspecified atom stereocenters. The van der Waals surface area contributed by atoms with Crippen LogP contribution in [-0.4, -0.2) is 21.1 Å². The Labute approximate surface area is 139 Å². The number of thioether (sulfide) groups is 1. The summed E-state index contributed by atoms with van der Waals surface area (Å²) in [6.07, 6.45) is 1.33. The molecule has 1 atom stereocenters. The smallest absolute Gasteiger partial charge is 0.251 e. The van der Waals surface area contributed by atoms with Crippen molar-refractivity contribution >= 4 is 23.4 Å². The van der Waals surface area contributed by atoms with Crippen molar-refractivity contribution < 1.29 is 4.79 Å². The van der Waals surface area contributed by atoms with E-state index in [9.17, 15) is 9.59 Å². The Hall–Kier alpha value is -2.08. The van der Waals surface area contributed by atoms with Gasteiger partial charge in [0.15, 0.2) is 5.16 Å². The molecule has 0 aliphatic heterocycles. The molecule has 0 aliphatic rings. The molecule has 0 radical (unpaired) electrons. The zero-order valence-corrected chi connectivity index (χ0v) is 14.4. The monoisotopic (exact) mass is 331 g/mol. The summed E-state index contributed by atoms with van der Waals surface area (Å²) in [6.45, 7) is 5.88. The first kappa shape index (κ1) is 17.3. The molecule has 0 saturated carbocycles. The van der Waals surface area contributed by atoms with Crippen molar-refractivity contribution in [3.05, 3.63) is 51.9 Å². The van der Waals surface area contributed by atoms with Crippen LogP contribution in [0.15, 0.2) is 40.3 Å². The molecule has 1 aromatic heterocycles. The molecule has 0 aliphatic carbocycles. The Morgan fingerprint density at radius 2 is 2.00 bits per heavy atom. The molecule has 1 aromatic carbocycles. The maximum atomic E-state index is 12.4. The molecule has 0 spiro atoms. The zero-order chi connectivity index (χ0) is 16.8. The molecule has 5 nitrogen and oxygen atoms in total. The number of carbonyl (C=O) groups excluding carboxylic acids is 1. The predicted octanol–water partition coefficient (Wildman–Crippen LogP) is 3.15. The second-order valence-corrected chi connectivity index (χ2v) is 6.46. The van der Waals surface area contributed by atoms with Gasteiger partial charge in [-0.25, -0.2) is 4.98 Å². The first-order valence-electron chi connectivity index (χ1n) is 7.66. The molecule has 0 fully saturated rings. The van der Waals surface area contributed by atoms with E-state index < -0.39 is 0 Å². The van der Waals surface area contributed by atoms with Gasteiger partial charge < -0.3 is 10.3 Å². The molecular weight excluding hydrogens is 310 g/mol. The average Bonchev–Trinajstić information content (AvgIpc) is 2.54. The number of H-pyrrole nitrogens is 1. The predicted molar refractivity (Wildman–Crippen MR) is 94.0 cm³/mol. The number of hydrogen-bond acceptors (Lipinski definition) is 4. The molecule has 23 heavy (non-hydrogen) atoms. The van der Waals surface area contributed by atoms with E-state index in [0.717, 1.165) is 16.9 Å². The van der Waals surface area contributed by atoms with Crippen molar-refractivity contribution in [2.75, 3.05) is 5.32 Å². The third kappa shape index (κ3) is 4.96. The number of aromatic amines is 1. The zero-order valence-electron chi connectivity index (χ0n) is 13.6. The normalized spacial score (nSPS) is 12.0. The SMILES string of the molecule is CCc1cc(=O)[nH]c(SC(CC)C(=O)Nc2ccc(C)cc2)n1. The maximum Gasteiger partial charge on any atom is 0.251 e. The van der Waals surface area contributed by atoms with Crippen molar-refractivity contribution in [1.82, 2.24) is 9.97 Å². The van der Waals surface area contributed by atoms with E-state index in [1.165, 1.54) is 17.8 Å². The van der Waals surface area contributed by atoms with Gasteiger partial charge in [0.1, 0.15) is 0 Å². The van der Waals surface area contributed by atoms with Crippen LogP contribution in [0, 0.1) is 6.92 Å². The fourth-order valence-corrected chi connectivity index (χ4v) is 2.97. The molecule has 2 N–H and O–H groups in total. The number of rotatable bonds is 6. The number of aromatic nitrogens is 2. The molecule has 2 aromatic rings. The van der Waals surface area contributed by atoms with Crippen molar-refractivity contribution in [2.24, 2.45) is 0 Å². The van der Waals surface area contributed by atoms with Crippen LogP contribution in [-0.2, 0) is 11.2 Å². The first-order chi connectivity index (χ1) is 11.0. The quantitative estimate of drug-likeness (QED) is 0.630. The highest BCUT2D eigenvalue weighted by atomic mass is 32.2. The van der Waals surface area contributed by atoms with Crippen LogP contribution in [0.4, 0.5) is 5.69 Å². The van der Waals surface area contributed by atoms with E-state index in [2.05, 4.69) is 15.3 Å². The topological polar surface area (TPSA) is 74.8 Å². The van der Waals surface area contributed by atoms with Crippen molar-refractivity contribution in [3.8, 4) is 0 Å². The summed E-state index contributed by atoms with van der Waals surface area (Å²) in [5, 5.41) is 3.08. The van der Waals surface area contributed by atoms with Crippen LogP contribution < -0.4 is 10.9 Å². The molecule has 0 saturated heterocycles. The van der Waals surface area contributed by atoms with Crippen LogP contribution >= 0.6 is 11.8 Å². The summed E-state index contributed by atoms with van der Waals surface area (Å²) in [6, 6.07) is 9.14. The minimum Gasteiger partial charge on any atom is -0.325 e. The third-order valence-corrected chi connectivity index (χ3v) is 4.62. The van der Waals surface area contributed by atoms with E-state index in [1.807, 2.05) is 45.0 Å². The average molecular weight is 331 g/mol. The minimum atomic E-state index is -0.313. The van der Waals surface area contributed by atoms with Crippen LogP contribution in [0.2, 0.25) is 0 Å². The largest absolute Gasteiger partial charge is 0.325 e. The molecule has 1 amide bonds. The van der Waals surface area contributed by atoms with Crippen LogP contribution in [0.25, 0.3) is 0 Å². The van der Waals surface area contributed by atoms with Gasteiger partial charge in [0.25, 0.3) is 5.56 Å². The minimum absolute atomic E-state index is 0.0918. The Morgan fingerprint density at radius 1 is 1.30 bits per heavy atom. The Bertz CT molecular complexity index is 725. The number of aryl methyl sites for hydroxylation is 2. The number of benzene rings is 1. The molecule has 122 valence electrons. The number of nitrogens with one attached hydrogen (secondary N) is 2. The van der Waals surface area contributed by atoms with Crippen LogP contribution in [0.3, 0.4) is 0 Å². The lowest BCUT2D eigenvalue weighted by atomic mass is 10.2. The summed E-state index contributed by atoms with van der Waals surface area (Å²) < 4.78 is 0. The number of carbonyl (C=O) groups is 1. The highest BCUT2D eigenvalue weighted by Crippen LogP contribution is 2.23. The van der Waals surface area contributed by atoms with Gasteiger partial charge in [-0.3, -0.25) is 9.59 Å². The fourth-order valence-electron chi connectivity index (χ4n) is 2.04.